The number of carbonyl (C=O) groups is 1. The number of amides is 1. The van der Waals surface area contributed by atoms with Crippen molar-refractivity contribution in [2.24, 2.45) is 5.92 Å². The minimum Gasteiger partial charge on any atom is -0.358 e. The lowest BCUT2D eigenvalue weighted by Gasteiger charge is -2.27. The van der Waals surface area contributed by atoms with Gasteiger partial charge in [0.15, 0.2) is 0 Å². The maximum absolute atomic E-state index is 11.9. The second kappa shape index (κ2) is 7.11. The summed E-state index contributed by atoms with van der Waals surface area (Å²) in [5.41, 5.74) is -0.813. The molecular weight excluding hydrogens is 278 g/mol. The lowest BCUT2D eigenvalue weighted by atomic mass is 9.90. The lowest BCUT2D eigenvalue weighted by Crippen LogP contribution is -2.49. The molecule has 1 aliphatic rings. The van der Waals surface area contributed by atoms with Gasteiger partial charge in [-0.1, -0.05) is 37.8 Å². The second-order valence-corrected chi connectivity index (χ2v) is 6.87. The van der Waals surface area contributed by atoms with E-state index in [1.165, 1.54) is 24.6 Å². The van der Waals surface area contributed by atoms with E-state index < -0.39 is 5.54 Å². The standard InChI is InChI=1S/C13H21N3OS2/c1-10(2)13(3,9-14)15-11(17)8-19-12(18)16-6-4-5-7-16/h10H,4-8H2,1-3H3,(H,15,17)/t13-/m1/s1. The third kappa shape index (κ3) is 4.66. The highest BCUT2D eigenvalue weighted by Gasteiger charge is 2.30. The van der Waals surface area contributed by atoms with Crippen LogP contribution in [0.1, 0.15) is 33.6 Å². The first-order chi connectivity index (χ1) is 8.89. The van der Waals surface area contributed by atoms with Crippen molar-refractivity contribution in [2.75, 3.05) is 18.8 Å². The van der Waals surface area contributed by atoms with Crippen LogP contribution in [-0.2, 0) is 4.79 Å². The molecule has 1 saturated heterocycles. The molecule has 1 fully saturated rings. The number of nitrogens with one attached hydrogen (secondary N) is 1. The van der Waals surface area contributed by atoms with Crippen molar-refractivity contribution in [2.45, 2.75) is 39.2 Å². The van der Waals surface area contributed by atoms with Gasteiger partial charge in [-0.25, -0.2) is 0 Å². The van der Waals surface area contributed by atoms with E-state index in [1.54, 1.807) is 6.92 Å². The van der Waals surface area contributed by atoms with Crippen LogP contribution in [0.2, 0.25) is 0 Å². The highest BCUT2D eigenvalue weighted by atomic mass is 32.2. The molecule has 6 heteroatoms. The van der Waals surface area contributed by atoms with Crippen LogP contribution in [0.15, 0.2) is 0 Å². The number of nitrogens with zero attached hydrogens (tertiary/aromatic N) is 2. The van der Waals surface area contributed by atoms with Gasteiger partial charge in [-0.3, -0.25) is 4.79 Å². The summed E-state index contributed by atoms with van der Waals surface area (Å²) < 4.78 is 0.788. The van der Waals surface area contributed by atoms with Gasteiger partial charge in [-0.15, -0.1) is 0 Å². The molecule has 106 valence electrons. The average molecular weight is 299 g/mol. The fourth-order valence-corrected chi connectivity index (χ4v) is 2.80. The zero-order valence-corrected chi connectivity index (χ0v) is 13.4. The van der Waals surface area contributed by atoms with Gasteiger partial charge in [0.2, 0.25) is 5.91 Å². The van der Waals surface area contributed by atoms with Gasteiger partial charge in [0, 0.05) is 13.1 Å². The number of thioether (sulfide) groups is 1. The van der Waals surface area contributed by atoms with Crippen LogP contribution in [0.5, 0.6) is 0 Å². The highest BCUT2D eigenvalue weighted by Crippen LogP contribution is 2.18. The van der Waals surface area contributed by atoms with Crippen LogP contribution >= 0.6 is 24.0 Å². The second-order valence-electron chi connectivity index (χ2n) is 5.27. The van der Waals surface area contributed by atoms with Gasteiger partial charge in [-0.05, 0) is 25.7 Å². The Morgan fingerprint density at radius 3 is 2.58 bits per heavy atom. The van der Waals surface area contributed by atoms with E-state index in [1.807, 2.05) is 13.8 Å². The number of thiocarbonyl (C=S) groups is 1. The Balaban J connectivity index is 2.39. The van der Waals surface area contributed by atoms with Gasteiger partial charge in [-0.2, -0.15) is 5.26 Å². The molecule has 1 atom stereocenters. The maximum Gasteiger partial charge on any atom is 0.231 e. The van der Waals surface area contributed by atoms with Crippen molar-refractivity contribution in [1.82, 2.24) is 10.2 Å². The van der Waals surface area contributed by atoms with Crippen molar-refractivity contribution in [3.8, 4) is 6.07 Å². The Hall–Kier alpha value is -0.800. The normalized spacial score (nSPS) is 17.9. The zero-order valence-electron chi connectivity index (χ0n) is 11.7. The number of hydrogen-bond donors (Lipinski definition) is 1. The van der Waals surface area contributed by atoms with Crippen molar-refractivity contribution < 1.29 is 4.79 Å². The molecule has 0 aromatic carbocycles. The minimum absolute atomic E-state index is 0.0667. The van der Waals surface area contributed by atoms with E-state index in [4.69, 9.17) is 17.5 Å². The Morgan fingerprint density at radius 1 is 1.53 bits per heavy atom. The topological polar surface area (TPSA) is 56.1 Å². The lowest BCUT2D eigenvalue weighted by molar-refractivity contribution is -0.120. The van der Waals surface area contributed by atoms with E-state index in [0.717, 1.165) is 17.4 Å². The molecule has 1 heterocycles. The number of hydrogen-bond acceptors (Lipinski definition) is 4. The Bertz CT molecular complexity index is 386. The first-order valence-corrected chi connectivity index (χ1v) is 7.92. The molecule has 1 N–H and O–H groups in total. The predicted octanol–water partition coefficient (Wildman–Crippen LogP) is 2.15. The van der Waals surface area contributed by atoms with Crippen LogP contribution in [0.4, 0.5) is 0 Å². The van der Waals surface area contributed by atoms with Gasteiger partial charge >= 0.3 is 0 Å². The first-order valence-electron chi connectivity index (χ1n) is 6.53. The number of nitriles is 1. The Kier molecular flexibility index (Phi) is 6.08. The largest absolute Gasteiger partial charge is 0.358 e. The molecule has 1 amide bonds. The molecule has 0 bridgehead atoms. The third-order valence-corrected chi connectivity index (χ3v) is 5.00. The Labute approximate surface area is 124 Å². The van der Waals surface area contributed by atoms with Crippen LogP contribution in [-0.4, -0.2) is 39.5 Å². The summed E-state index contributed by atoms with van der Waals surface area (Å²) >= 11 is 6.68. The summed E-state index contributed by atoms with van der Waals surface area (Å²) in [6.07, 6.45) is 2.35. The summed E-state index contributed by atoms with van der Waals surface area (Å²) in [6, 6.07) is 2.17. The molecule has 1 aliphatic heterocycles. The Morgan fingerprint density at radius 2 is 2.11 bits per heavy atom. The molecule has 0 aromatic rings. The van der Waals surface area contributed by atoms with Crippen molar-refractivity contribution in [3.63, 3.8) is 0 Å². The van der Waals surface area contributed by atoms with Crippen LogP contribution in [0, 0.1) is 17.2 Å². The minimum atomic E-state index is -0.813. The summed E-state index contributed by atoms with van der Waals surface area (Å²) in [5, 5.41) is 11.9. The SMILES string of the molecule is CC(C)[C@@](C)(C#N)NC(=O)CSC(=S)N1CCCC1. The quantitative estimate of drug-likeness (QED) is 0.806. The smallest absolute Gasteiger partial charge is 0.231 e. The van der Waals surface area contributed by atoms with Crippen molar-refractivity contribution in [3.05, 3.63) is 0 Å². The van der Waals surface area contributed by atoms with Crippen LogP contribution in [0.25, 0.3) is 0 Å². The highest BCUT2D eigenvalue weighted by molar-refractivity contribution is 8.23. The molecule has 0 saturated carbocycles. The van der Waals surface area contributed by atoms with Crippen LogP contribution < -0.4 is 5.32 Å². The predicted molar refractivity (Wildman–Crippen MR) is 82.9 cm³/mol. The fourth-order valence-electron chi connectivity index (χ4n) is 1.75. The molecule has 0 unspecified atom stereocenters. The monoisotopic (exact) mass is 299 g/mol. The van der Waals surface area contributed by atoms with Gasteiger partial charge < -0.3 is 10.2 Å². The van der Waals surface area contributed by atoms with E-state index in [0.29, 0.717) is 0 Å². The summed E-state index contributed by atoms with van der Waals surface area (Å²) in [7, 11) is 0. The summed E-state index contributed by atoms with van der Waals surface area (Å²) in [5.74, 6) is 0.209. The molecule has 1 rings (SSSR count). The molecule has 19 heavy (non-hydrogen) atoms. The zero-order chi connectivity index (χ0) is 14.5. The summed E-state index contributed by atoms with van der Waals surface area (Å²) in [4.78, 5) is 14.0. The van der Waals surface area contributed by atoms with Crippen molar-refractivity contribution in [1.29, 1.82) is 5.26 Å². The summed E-state index contributed by atoms with van der Waals surface area (Å²) in [6.45, 7) is 7.58. The third-order valence-electron chi connectivity index (χ3n) is 3.48. The fraction of sp³-hybridized carbons (Fsp3) is 0.769. The van der Waals surface area contributed by atoms with E-state index >= 15 is 0 Å². The number of carbonyl (C=O) groups excluding carboxylic acids is 1. The van der Waals surface area contributed by atoms with E-state index in [2.05, 4.69) is 16.3 Å². The van der Waals surface area contributed by atoms with Gasteiger partial charge in [0.05, 0.1) is 11.8 Å². The van der Waals surface area contributed by atoms with Crippen molar-refractivity contribution >= 4 is 34.2 Å². The molecule has 0 aromatic heterocycles. The van der Waals surface area contributed by atoms with Gasteiger partial charge in [0.25, 0.3) is 0 Å². The van der Waals surface area contributed by atoms with Gasteiger partial charge in [0.1, 0.15) is 9.86 Å². The molecule has 0 aliphatic carbocycles. The molecular formula is C13H21N3OS2. The number of likely N-dealkylation sites (tertiary alicyclic amines) is 1. The van der Waals surface area contributed by atoms with Crippen LogP contribution in [0.3, 0.4) is 0 Å². The molecule has 0 spiro atoms. The number of rotatable bonds is 4. The van der Waals surface area contributed by atoms with E-state index in [9.17, 15) is 4.79 Å². The first kappa shape index (κ1) is 16.3. The molecule has 4 nitrogen and oxygen atoms in total. The van der Waals surface area contributed by atoms with E-state index in [-0.39, 0.29) is 17.6 Å². The molecule has 0 radical (unpaired) electrons. The average Bonchev–Trinajstić information content (AvgIpc) is 2.89. The maximum atomic E-state index is 11.9.